The quantitative estimate of drug-likeness (QED) is 0.555. The van der Waals surface area contributed by atoms with E-state index in [4.69, 9.17) is 11.5 Å². The molecule has 4 aliphatic rings. The molecule has 2 bridgehead atoms. The molecule has 0 radical (unpaired) electrons. The molecular formula is C16H27N4O+. The van der Waals surface area contributed by atoms with Crippen molar-refractivity contribution in [1.82, 2.24) is 5.01 Å². The molecular weight excluding hydrogens is 264 g/mol. The average molecular weight is 291 g/mol. The maximum atomic E-state index is 12.8. The Morgan fingerprint density at radius 3 is 2.67 bits per heavy atom. The van der Waals surface area contributed by atoms with Gasteiger partial charge in [0.2, 0.25) is 0 Å². The first kappa shape index (κ1) is 13.6. The number of hydrazone groups is 1. The van der Waals surface area contributed by atoms with Gasteiger partial charge in [0.05, 0.1) is 13.0 Å². The van der Waals surface area contributed by atoms with Gasteiger partial charge in [0.1, 0.15) is 5.54 Å². The number of likely N-dealkylation sites (N-methyl/N-ethyl adjacent to an activating group) is 1. The zero-order valence-electron chi connectivity index (χ0n) is 12.9. The summed E-state index contributed by atoms with van der Waals surface area (Å²) < 4.78 is 2.10. The SMILES string of the molecule is CN1C(=O)[C@@]2(N)[C@@H]3CC[C@@H](C3)[C@H]2/[N+]1=C(\N)C1CCCCC1. The van der Waals surface area contributed by atoms with Gasteiger partial charge in [-0.05, 0) is 38.0 Å². The monoisotopic (exact) mass is 291 g/mol. The van der Waals surface area contributed by atoms with Crippen molar-refractivity contribution in [3.8, 4) is 0 Å². The molecule has 0 aromatic heterocycles. The minimum Gasteiger partial charge on any atom is -0.313 e. The molecule has 1 heterocycles. The van der Waals surface area contributed by atoms with E-state index in [0.717, 1.165) is 31.5 Å². The van der Waals surface area contributed by atoms with E-state index in [1.807, 2.05) is 7.05 Å². The molecule has 4 atom stereocenters. The highest BCUT2D eigenvalue weighted by atomic mass is 16.2. The van der Waals surface area contributed by atoms with E-state index in [0.29, 0.717) is 17.8 Å². The summed E-state index contributed by atoms with van der Waals surface area (Å²) in [4.78, 5) is 12.8. The maximum Gasteiger partial charge on any atom is 0.282 e. The zero-order valence-corrected chi connectivity index (χ0v) is 12.9. The number of rotatable bonds is 1. The summed E-state index contributed by atoms with van der Waals surface area (Å²) in [5, 5.41) is 1.74. The van der Waals surface area contributed by atoms with Crippen LogP contribution in [-0.2, 0) is 4.79 Å². The number of carbonyl (C=O) groups excluding carboxylic acids is 1. The molecule has 0 aromatic carbocycles. The van der Waals surface area contributed by atoms with Gasteiger partial charge in [-0.2, -0.15) is 9.69 Å². The van der Waals surface area contributed by atoms with Crippen LogP contribution in [0.1, 0.15) is 51.4 Å². The first-order chi connectivity index (χ1) is 10.0. The molecule has 0 spiro atoms. The van der Waals surface area contributed by atoms with Crippen LogP contribution in [-0.4, -0.2) is 40.1 Å². The van der Waals surface area contributed by atoms with Gasteiger partial charge in [0.25, 0.3) is 11.7 Å². The molecule has 116 valence electrons. The lowest BCUT2D eigenvalue weighted by molar-refractivity contribution is -0.687. The number of amides is 1. The molecule has 1 saturated heterocycles. The van der Waals surface area contributed by atoms with Crippen molar-refractivity contribution in [3.05, 3.63) is 0 Å². The van der Waals surface area contributed by atoms with Crippen LogP contribution in [0.25, 0.3) is 0 Å². The Kier molecular flexibility index (Phi) is 2.87. The van der Waals surface area contributed by atoms with Gasteiger partial charge < -0.3 is 5.73 Å². The minimum atomic E-state index is -0.684. The Morgan fingerprint density at radius 2 is 1.95 bits per heavy atom. The number of fused-ring (bicyclic) bond motifs is 5. The normalized spacial score (nSPS) is 45.3. The Morgan fingerprint density at radius 1 is 1.24 bits per heavy atom. The summed E-state index contributed by atoms with van der Waals surface area (Å²) in [5.74, 6) is 2.30. The van der Waals surface area contributed by atoms with E-state index in [1.165, 1.54) is 25.7 Å². The standard InChI is InChI=1S/C16H26N4O/c1-19-15(21)16(18)12-8-7-11(9-12)13(16)20(19)14(17)10-5-3-2-4-6-10/h10-13,17H,2-9,18H2,1H3/p+1/t11-,12+,13+,16+/m0/s1. The zero-order chi connectivity index (χ0) is 14.8. The molecule has 4 rings (SSSR count). The first-order valence-electron chi connectivity index (χ1n) is 8.53. The maximum absolute atomic E-state index is 12.8. The van der Waals surface area contributed by atoms with Crippen LogP contribution in [0.2, 0.25) is 0 Å². The molecule has 3 saturated carbocycles. The van der Waals surface area contributed by atoms with Crippen LogP contribution in [0.15, 0.2) is 0 Å². The number of nitrogens with two attached hydrogens (primary N) is 2. The molecule has 21 heavy (non-hydrogen) atoms. The molecule has 0 unspecified atom stereocenters. The smallest absolute Gasteiger partial charge is 0.282 e. The molecule has 0 aromatic rings. The largest absolute Gasteiger partial charge is 0.313 e. The van der Waals surface area contributed by atoms with Crippen molar-refractivity contribution in [2.75, 3.05) is 7.05 Å². The highest BCUT2D eigenvalue weighted by Gasteiger charge is 2.70. The fourth-order valence-corrected chi connectivity index (χ4v) is 5.56. The molecule has 1 aliphatic heterocycles. The third-order valence-corrected chi connectivity index (χ3v) is 6.62. The highest BCUT2D eigenvalue weighted by molar-refractivity contribution is 5.90. The Labute approximate surface area is 126 Å². The second-order valence-corrected chi connectivity index (χ2v) is 7.58. The number of hydrogen-bond acceptors (Lipinski definition) is 2. The van der Waals surface area contributed by atoms with E-state index in [-0.39, 0.29) is 11.9 Å². The summed E-state index contributed by atoms with van der Waals surface area (Å²) in [6.07, 6.45) is 9.54. The van der Waals surface area contributed by atoms with Crippen LogP contribution >= 0.6 is 0 Å². The Bertz CT molecular complexity index is 510. The van der Waals surface area contributed by atoms with Crippen LogP contribution < -0.4 is 11.5 Å². The van der Waals surface area contributed by atoms with E-state index < -0.39 is 5.54 Å². The molecule has 4 N–H and O–H groups in total. The number of nitrogens with zero attached hydrogens (tertiary/aromatic N) is 2. The molecule has 3 aliphatic carbocycles. The van der Waals surface area contributed by atoms with Crippen molar-refractivity contribution in [3.63, 3.8) is 0 Å². The van der Waals surface area contributed by atoms with Crippen LogP contribution in [0.3, 0.4) is 0 Å². The van der Waals surface area contributed by atoms with Crippen molar-refractivity contribution in [2.24, 2.45) is 29.2 Å². The fourth-order valence-electron chi connectivity index (χ4n) is 5.56. The van der Waals surface area contributed by atoms with Gasteiger partial charge in [0.15, 0.2) is 6.04 Å². The van der Waals surface area contributed by atoms with Gasteiger partial charge in [0, 0.05) is 5.92 Å². The number of carbonyl (C=O) groups is 1. The van der Waals surface area contributed by atoms with Gasteiger partial charge >= 0.3 is 0 Å². The number of hydrogen-bond donors (Lipinski definition) is 2. The number of amidine groups is 1. The topological polar surface area (TPSA) is 75.4 Å². The summed E-state index contributed by atoms with van der Waals surface area (Å²) >= 11 is 0. The van der Waals surface area contributed by atoms with E-state index in [1.54, 1.807) is 5.01 Å². The lowest BCUT2D eigenvalue weighted by Gasteiger charge is -2.30. The molecule has 5 heteroatoms. The van der Waals surface area contributed by atoms with Crippen LogP contribution in [0.5, 0.6) is 0 Å². The van der Waals surface area contributed by atoms with Crippen LogP contribution in [0.4, 0.5) is 0 Å². The molecule has 1 amide bonds. The predicted molar refractivity (Wildman–Crippen MR) is 80.3 cm³/mol. The van der Waals surface area contributed by atoms with Gasteiger partial charge in [-0.15, -0.1) is 0 Å². The third-order valence-electron chi connectivity index (χ3n) is 6.62. The Hall–Kier alpha value is -1.10. The molecule has 5 nitrogen and oxygen atoms in total. The van der Waals surface area contributed by atoms with Crippen LogP contribution in [0, 0.1) is 17.8 Å². The number of hydrazine groups is 1. The van der Waals surface area contributed by atoms with Gasteiger partial charge in [-0.3, -0.25) is 10.5 Å². The Balaban J connectivity index is 1.76. The van der Waals surface area contributed by atoms with Crippen molar-refractivity contribution < 1.29 is 9.48 Å². The molecule has 4 fully saturated rings. The summed E-state index contributed by atoms with van der Waals surface area (Å²) in [6.45, 7) is 0. The van der Waals surface area contributed by atoms with Crippen molar-refractivity contribution >= 4 is 11.7 Å². The van der Waals surface area contributed by atoms with E-state index >= 15 is 0 Å². The predicted octanol–water partition coefficient (Wildman–Crippen LogP) is 0.819. The summed E-state index contributed by atoms with van der Waals surface area (Å²) in [7, 11) is 1.85. The first-order valence-corrected chi connectivity index (χ1v) is 8.53. The fraction of sp³-hybridized carbons (Fsp3) is 0.875. The summed E-state index contributed by atoms with van der Waals surface area (Å²) in [6, 6.07) is 0.107. The van der Waals surface area contributed by atoms with E-state index in [9.17, 15) is 4.79 Å². The highest BCUT2D eigenvalue weighted by Crippen LogP contribution is 2.54. The van der Waals surface area contributed by atoms with E-state index in [2.05, 4.69) is 4.68 Å². The van der Waals surface area contributed by atoms with Crippen molar-refractivity contribution in [1.29, 1.82) is 0 Å². The van der Waals surface area contributed by atoms with Gasteiger partial charge in [-0.1, -0.05) is 19.3 Å². The third kappa shape index (κ3) is 1.61. The lowest BCUT2D eigenvalue weighted by atomic mass is 9.78. The van der Waals surface area contributed by atoms with Gasteiger partial charge in [-0.25, -0.2) is 0 Å². The lowest BCUT2D eigenvalue weighted by Crippen LogP contribution is -2.58. The van der Waals surface area contributed by atoms with Crippen molar-refractivity contribution in [2.45, 2.75) is 62.9 Å². The second-order valence-electron chi connectivity index (χ2n) is 7.58. The summed E-state index contributed by atoms with van der Waals surface area (Å²) in [5.41, 5.74) is 12.5. The minimum absolute atomic E-state index is 0.0819. The average Bonchev–Trinajstić information content (AvgIpc) is 3.14. The second kappa shape index (κ2) is 4.45.